The lowest BCUT2D eigenvalue weighted by molar-refractivity contribution is 0.0435. The molecule has 0 unspecified atom stereocenters. The lowest BCUT2D eigenvalue weighted by Gasteiger charge is -2.12. The summed E-state index contributed by atoms with van der Waals surface area (Å²) in [7, 11) is 0. The number of hydrogen-bond acceptors (Lipinski definition) is 2. The predicted octanol–water partition coefficient (Wildman–Crippen LogP) is 3.23. The van der Waals surface area contributed by atoms with Crippen molar-refractivity contribution in [2.45, 2.75) is 45.9 Å². The van der Waals surface area contributed by atoms with Crippen LogP contribution in [0.2, 0.25) is 0 Å². The van der Waals surface area contributed by atoms with Gasteiger partial charge >= 0.3 is 0 Å². The summed E-state index contributed by atoms with van der Waals surface area (Å²) in [6.07, 6.45) is 0.106. The van der Waals surface area contributed by atoms with Crippen molar-refractivity contribution in [3.05, 3.63) is 16.4 Å². The molecule has 0 aromatic carbocycles. The second kappa shape index (κ2) is 6.30. The van der Waals surface area contributed by atoms with Crippen LogP contribution in [0.4, 0.5) is 8.78 Å². The molecule has 1 atom stereocenters. The molecule has 16 heavy (non-hydrogen) atoms. The molecule has 6 heteroatoms. The number of rotatable bonds is 6. The van der Waals surface area contributed by atoms with E-state index in [1.165, 1.54) is 10.9 Å². The van der Waals surface area contributed by atoms with Gasteiger partial charge in [-0.15, -0.1) is 0 Å². The predicted molar refractivity (Wildman–Crippen MR) is 60.5 cm³/mol. The summed E-state index contributed by atoms with van der Waals surface area (Å²) in [5.74, 6) is 0. The summed E-state index contributed by atoms with van der Waals surface area (Å²) in [4.78, 5) is 0. The zero-order valence-corrected chi connectivity index (χ0v) is 10.9. The van der Waals surface area contributed by atoms with Gasteiger partial charge in [-0.05, 0) is 29.3 Å². The van der Waals surface area contributed by atoms with Gasteiger partial charge in [-0.1, -0.05) is 6.92 Å². The van der Waals surface area contributed by atoms with E-state index in [1.54, 1.807) is 0 Å². The van der Waals surface area contributed by atoms with E-state index in [0.29, 0.717) is 16.8 Å². The van der Waals surface area contributed by atoms with Crippen LogP contribution in [0, 0.1) is 0 Å². The Kier molecular flexibility index (Phi) is 5.34. The Balaban J connectivity index is 2.66. The number of halogens is 3. The van der Waals surface area contributed by atoms with E-state index in [1.807, 2.05) is 13.8 Å². The highest BCUT2D eigenvalue weighted by atomic mass is 79.9. The fraction of sp³-hybridized carbons (Fsp3) is 0.700. The van der Waals surface area contributed by atoms with E-state index < -0.39 is 13.0 Å². The fourth-order valence-corrected chi connectivity index (χ4v) is 1.57. The van der Waals surface area contributed by atoms with Crippen LogP contribution in [-0.4, -0.2) is 22.3 Å². The number of hydrogen-bond donors (Lipinski definition) is 0. The van der Waals surface area contributed by atoms with Crippen LogP contribution in [0.25, 0.3) is 0 Å². The van der Waals surface area contributed by atoms with Gasteiger partial charge in [-0.2, -0.15) is 5.10 Å². The normalized spacial score (nSPS) is 13.4. The SMILES string of the molecule is CC[C@H](C)OCc1c(Br)cnn1CC(F)F. The van der Waals surface area contributed by atoms with Crippen LogP contribution < -0.4 is 0 Å². The van der Waals surface area contributed by atoms with Gasteiger partial charge in [0.2, 0.25) is 0 Å². The molecule has 0 spiro atoms. The molecule has 1 aromatic heterocycles. The molecule has 0 bridgehead atoms. The largest absolute Gasteiger partial charge is 0.372 e. The molecular weight excluding hydrogens is 282 g/mol. The Bertz CT molecular complexity index is 331. The first kappa shape index (κ1) is 13.6. The third-order valence-electron chi connectivity index (χ3n) is 2.29. The molecule has 0 aliphatic heterocycles. The van der Waals surface area contributed by atoms with Crippen LogP contribution in [0.15, 0.2) is 10.7 Å². The zero-order valence-electron chi connectivity index (χ0n) is 9.29. The Morgan fingerprint density at radius 3 is 2.81 bits per heavy atom. The van der Waals surface area contributed by atoms with Crippen LogP contribution in [0.5, 0.6) is 0 Å². The van der Waals surface area contributed by atoms with Gasteiger partial charge in [0.15, 0.2) is 0 Å². The smallest absolute Gasteiger partial charge is 0.257 e. The first-order valence-corrected chi connectivity index (χ1v) is 5.93. The maximum Gasteiger partial charge on any atom is 0.257 e. The lowest BCUT2D eigenvalue weighted by Crippen LogP contribution is -2.14. The summed E-state index contributed by atoms with van der Waals surface area (Å²) in [5, 5.41) is 3.87. The van der Waals surface area contributed by atoms with Crippen LogP contribution in [-0.2, 0) is 17.9 Å². The monoisotopic (exact) mass is 296 g/mol. The van der Waals surface area contributed by atoms with Crippen molar-refractivity contribution >= 4 is 15.9 Å². The second-order valence-corrected chi connectivity index (χ2v) is 4.40. The number of aromatic nitrogens is 2. The Labute approximate surface area is 102 Å². The van der Waals surface area contributed by atoms with Gasteiger partial charge in [0.05, 0.1) is 29.1 Å². The number of alkyl halides is 2. The van der Waals surface area contributed by atoms with Crippen molar-refractivity contribution in [1.29, 1.82) is 0 Å². The Hall–Kier alpha value is -0.490. The average Bonchev–Trinajstić information content (AvgIpc) is 2.56. The second-order valence-electron chi connectivity index (χ2n) is 3.54. The van der Waals surface area contributed by atoms with Gasteiger partial charge in [-0.25, -0.2) is 8.78 Å². The minimum atomic E-state index is -2.41. The summed E-state index contributed by atoms with van der Waals surface area (Å²) in [5.41, 5.74) is 0.653. The Morgan fingerprint density at radius 2 is 2.25 bits per heavy atom. The lowest BCUT2D eigenvalue weighted by atomic mass is 10.3. The maximum absolute atomic E-state index is 12.3. The standard InChI is InChI=1S/C10H15BrF2N2O/c1-3-7(2)16-6-9-8(11)4-14-15(9)5-10(12)13/h4,7,10H,3,5-6H2,1-2H3/t7-/m0/s1. The van der Waals surface area contributed by atoms with Crippen LogP contribution in [0.1, 0.15) is 26.0 Å². The molecule has 0 saturated heterocycles. The van der Waals surface area contributed by atoms with Gasteiger partial charge in [0.1, 0.15) is 6.54 Å². The molecule has 0 N–H and O–H groups in total. The van der Waals surface area contributed by atoms with Gasteiger partial charge < -0.3 is 4.74 Å². The third-order valence-corrected chi connectivity index (χ3v) is 2.95. The molecule has 0 fully saturated rings. The molecule has 0 saturated carbocycles. The average molecular weight is 297 g/mol. The molecule has 0 radical (unpaired) electrons. The van der Waals surface area contributed by atoms with Gasteiger partial charge in [-0.3, -0.25) is 4.68 Å². The first-order valence-electron chi connectivity index (χ1n) is 5.14. The van der Waals surface area contributed by atoms with Crippen molar-refractivity contribution in [2.24, 2.45) is 0 Å². The highest BCUT2D eigenvalue weighted by Gasteiger charge is 2.13. The van der Waals surface area contributed by atoms with E-state index in [0.717, 1.165) is 6.42 Å². The number of ether oxygens (including phenoxy) is 1. The minimum absolute atomic E-state index is 0.113. The molecule has 0 aliphatic carbocycles. The summed E-state index contributed by atoms with van der Waals surface area (Å²) in [6, 6.07) is 0. The number of nitrogens with zero attached hydrogens (tertiary/aromatic N) is 2. The van der Waals surface area contributed by atoms with E-state index in [4.69, 9.17) is 4.74 Å². The van der Waals surface area contributed by atoms with E-state index in [-0.39, 0.29) is 6.10 Å². The molecule has 1 heterocycles. The van der Waals surface area contributed by atoms with Crippen LogP contribution >= 0.6 is 15.9 Å². The fourth-order valence-electron chi connectivity index (χ4n) is 1.16. The van der Waals surface area contributed by atoms with E-state index in [2.05, 4.69) is 21.0 Å². The zero-order chi connectivity index (χ0) is 12.1. The highest BCUT2D eigenvalue weighted by molar-refractivity contribution is 9.10. The molecule has 3 nitrogen and oxygen atoms in total. The maximum atomic E-state index is 12.3. The summed E-state index contributed by atoms with van der Waals surface area (Å²) in [6.45, 7) is 3.85. The van der Waals surface area contributed by atoms with Gasteiger partial charge in [0.25, 0.3) is 6.43 Å². The van der Waals surface area contributed by atoms with Crippen molar-refractivity contribution in [3.63, 3.8) is 0 Å². The topological polar surface area (TPSA) is 27.1 Å². The van der Waals surface area contributed by atoms with Gasteiger partial charge in [0, 0.05) is 0 Å². The summed E-state index contributed by atoms with van der Waals surface area (Å²) >= 11 is 3.27. The third kappa shape index (κ3) is 3.83. The van der Waals surface area contributed by atoms with Crippen molar-refractivity contribution in [3.8, 4) is 0 Å². The van der Waals surface area contributed by atoms with Crippen molar-refractivity contribution in [1.82, 2.24) is 9.78 Å². The van der Waals surface area contributed by atoms with E-state index in [9.17, 15) is 8.78 Å². The molecule has 92 valence electrons. The van der Waals surface area contributed by atoms with Crippen molar-refractivity contribution < 1.29 is 13.5 Å². The Morgan fingerprint density at radius 1 is 1.56 bits per heavy atom. The molecule has 0 amide bonds. The van der Waals surface area contributed by atoms with Crippen LogP contribution in [0.3, 0.4) is 0 Å². The molecule has 1 rings (SSSR count). The molecule has 0 aliphatic rings. The minimum Gasteiger partial charge on any atom is -0.372 e. The highest BCUT2D eigenvalue weighted by Crippen LogP contribution is 2.18. The quantitative estimate of drug-likeness (QED) is 0.806. The molecular formula is C10H15BrF2N2O. The van der Waals surface area contributed by atoms with E-state index >= 15 is 0 Å². The molecule has 1 aromatic rings. The first-order chi connectivity index (χ1) is 7.54. The van der Waals surface area contributed by atoms with Crippen molar-refractivity contribution in [2.75, 3.05) is 0 Å². The summed E-state index contributed by atoms with van der Waals surface area (Å²) < 4.78 is 32.0.